The summed E-state index contributed by atoms with van der Waals surface area (Å²) in [7, 11) is 0. The summed E-state index contributed by atoms with van der Waals surface area (Å²) in [6.45, 7) is 5.97. The van der Waals surface area contributed by atoms with Crippen molar-refractivity contribution in [2.45, 2.75) is 18.9 Å². The molecule has 0 radical (unpaired) electrons. The highest BCUT2D eigenvalue weighted by molar-refractivity contribution is 5.29. The van der Waals surface area contributed by atoms with Gasteiger partial charge < -0.3 is 5.32 Å². The summed E-state index contributed by atoms with van der Waals surface area (Å²) in [5.41, 5.74) is 1.31. The largest absolute Gasteiger partial charge is 0.317 e. The number of nitrogens with zero attached hydrogens (tertiary/aromatic N) is 1. The summed E-state index contributed by atoms with van der Waals surface area (Å²) in [5, 5.41) is 3.38. The Balaban J connectivity index is 2.12. The van der Waals surface area contributed by atoms with Crippen molar-refractivity contribution in [3.63, 3.8) is 0 Å². The third-order valence-corrected chi connectivity index (χ3v) is 3.17. The summed E-state index contributed by atoms with van der Waals surface area (Å²) in [4.78, 5) is 4.30. The highest BCUT2D eigenvalue weighted by Crippen LogP contribution is 2.31. The maximum absolute atomic E-state index is 4.30. The molecule has 1 N–H and O–H groups in total. The van der Waals surface area contributed by atoms with Gasteiger partial charge in [0.2, 0.25) is 0 Å². The van der Waals surface area contributed by atoms with Crippen molar-refractivity contribution in [2.24, 2.45) is 10.9 Å². The zero-order chi connectivity index (χ0) is 10.5. The average Bonchev–Trinajstić information content (AvgIpc) is 2.33. The first-order valence-electron chi connectivity index (χ1n) is 5.63. The maximum atomic E-state index is 4.30. The second-order valence-corrected chi connectivity index (χ2v) is 4.13. The standard InChI is InChI=1S/C13H18N2/c1-14-13(11-5-3-2-4-6-11)12-7-9-15-10-8-12/h2-6,12-13,15H,1,7-10H2. The Kier molecular flexibility index (Phi) is 3.51. The van der Waals surface area contributed by atoms with Gasteiger partial charge in [-0.1, -0.05) is 30.3 Å². The lowest BCUT2D eigenvalue weighted by Gasteiger charge is -2.28. The van der Waals surface area contributed by atoms with E-state index in [2.05, 4.69) is 41.3 Å². The fraction of sp³-hybridized carbons (Fsp3) is 0.462. The molecule has 1 saturated heterocycles. The minimum Gasteiger partial charge on any atom is -0.317 e. The second-order valence-electron chi connectivity index (χ2n) is 4.13. The van der Waals surface area contributed by atoms with Gasteiger partial charge in [-0.05, 0) is 44.1 Å². The lowest BCUT2D eigenvalue weighted by molar-refractivity contribution is 0.324. The van der Waals surface area contributed by atoms with Crippen LogP contribution in [0.1, 0.15) is 24.4 Å². The van der Waals surface area contributed by atoms with Gasteiger partial charge >= 0.3 is 0 Å². The third-order valence-electron chi connectivity index (χ3n) is 3.17. The van der Waals surface area contributed by atoms with Crippen LogP contribution in [0.5, 0.6) is 0 Å². The van der Waals surface area contributed by atoms with Gasteiger partial charge in [0.05, 0.1) is 6.04 Å². The zero-order valence-corrected chi connectivity index (χ0v) is 9.02. The van der Waals surface area contributed by atoms with E-state index in [0.717, 1.165) is 13.1 Å². The van der Waals surface area contributed by atoms with Gasteiger partial charge in [0, 0.05) is 0 Å². The first-order chi connectivity index (χ1) is 7.42. The van der Waals surface area contributed by atoms with E-state index < -0.39 is 0 Å². The molecule has 2 heteroatoms. The molecule has 2 nitrogen and oxygen atoms in total. The minimum atomic E-state index is 0.285. The van der Waals surface area contributed by atoms with Crippen molar-refractivity contribution in [3.8, 4) is 0 Å². The number of aliphatic imine (C=N–C) groups is 1. The fourth-order valence-corrected chi connectivity index (χ4v) is 2.34. The second kappa shape index (κ2) is 5.08. The first kappa shape index (κ1) is 10.4. The Morgan fingerprint density at radius 1 is 1.20 bits per heavy atom. The number of piperidine rings is 1. The van der Waals surface area contributed by atoms with E-state index in [4.69, 9.17) is 0 Å². The molecule has 0 aromatic heterocycles. The number of benzene rings is 1. The topological polar surface area (TPSA) is 24.4 Å². The molecule has 0 aliphatic carbocycles. The predicted molar refractivity (Wildman–Crippen MR) is 64.3 cm³/mol. The molecule has 1 aromatic carbocycles. The summed E-state index contributed by atoms with van der Waals surface area (Å²) in [6, 6.07) is 10.8. The molecule has 0 amide bonds. The van der Waals surface area contributed by atoms with Gasteiger partial charge in [-0.2, -0.15) is 0 Å². The monoisotopic (exact) mass is 202 g/mol. The summed E-state index contributed by atoms with van der Waals surface area (Å²) in [6.07, 6.45) is 2.41. The molecule has 0 spiro atoms. The molecule has 0 bridgehead atoms. The molecule has 1 unspecified atom stereocenters. The first-order valence-corrected chi connectivity index (χ1v) is 5.63. The van der Waals surface area contributed by atoms with Crippen LogP contribution in [0.15, 0.2) is 35.3 Å². The fourth-order valence-electron chi connectivity index (χ4n) is 2.34. The van der Waals surface area contributed by atoms with Crippen LogP contribution in [0, 0.1) is 5.92 Å². The van der Waals surface area contributed by atoms with Crippen LogP contribution in [-0.2, 0) is 0 Å². The van der Waals surface area contributed by atoms with Crippen LogP contribution in [-0.4, -0.2) is 19.8 Å². The Morgan fingerprint density at radius 3 is 2.47 bits per heavy atom. The summed E-state index contributed by atoms with van der Waals surface area (Å²) in [5.74, 6) is 0.658. The molecule has 0 saturated carbocycles. The van der Waals surface area contributed by atoms with E-state index in [1.807, 2.05) is 6.07 Å². The van der Waals surface area contributed by atoms with E-state index in [-0.39, 0.29) is 6.04 Å². The van der Waals surface area contributed by atoms with Crippen LogP contribution in [0.3, 0.4) is 0 Å². The molecular formula is C13H18N2. The lowest BCUT2D eigenvalue weighted by atomic mass is 9.86. The molecular weight excluding hydrogens is 184 g/mol. The molecule has 1 aliphatic heterocycles. The van der Waals surface area contributed by atoms with Crippen LogP contribution in [0.4, 0.5) is 0 Å². The Labute approximate surface area is 91.4 Å². The van der Waals surface area contributed by atoms with Crippen molar-refractivity contribution in [1.82, 2.24) is 5.32 Å². The van der Waals surface area contributed by atoms with Gasteiger partial charge in [-0.15, -0.1) is 0 Å². The highest BCUT2D eigenvalue weighted by atomic mass is 14.9. The molecule has 1 aliphatic rings. The van der Waals surface area contributed by atoms with Gasteiger partial charge in [0.1, 0.15) is 0 Å². The minimum absolute atomic E-state index is 0.285. The lowest BCUT2D eigenvalue weighted by Crippen LogP contribution is -2.30. The molecule has 1 atom stereocenters. The normalized spacial score (nSPS) is 19.7. The van der Waals surface area contributed by atoms with Crippen LogP contribution >= 0.6 is 0 Å². The molecule has 1 heterocycles. The van der Waals surface area contributed by atoms with Crippen molar-refractivity contribution in [2.75, 3.05) is 13.1 Å². The van der Waals surface area contributed by atoms with Crippen LogP contribution in [0.2, 0.25) is 0 Å². The Bertz CT molecular complexity index is 302. The van der Waals surface area contributed by atoms with Crippen molar-refractivity contribution in [1.29, 1.82) is 0 Å². The summed E-state index contributed by atoms with van der Waals surface area (Å²) >= 11 is 0. The molecule has 80 valence electrons. The van der Waals surface area contributed by atoms with Gasteiger partial charge in [-0.3, -0.25) is 4.99 Å². The quantitative estimate of drug-likeness (QED) is 0.748. The third kappa shape index (κ3) is 2.45. The number of hydrogen-bond donors (Lipinski definition) is 1. The van der Waals surface area contributed by atoms with E-state index >= 15 is 0 Å². The van der Waals surface area contributed by atoms with Crippen molar-refractivity contribution < 1.29 is 0 Å². The molecule has 15 heavy (non-hydrogen) atoms. The van der Waals surface area contributed by atoms with Crippen LogP contribution in [0.25, 0.3) is 0 Å². The number of rotatable bonds is 3. The Morgan fingerprint density at radius 2 is 1.87 bits per heavy atom. The number of hydrogen-bond acceptors (Lipinski definition) is 2. The molecule has 1 aromatic rings. The predicted octanol–water partition coefficient (Wildman–Crippen LogP) is 2.43. The average molecular weight is 202 g/mol. The smallest absolute Gasteiger partial charge is 0.0770 e. The van der Waals surface area contributed by atoms with Gasteiger partial charge in [-0.25, -0.2) is 0 Å². The maximum Gasteiger partial charge on any atom is 0.0770 e. The SMILES string of the molecule is C=NC(c1ccccc1)C1CCNCC1. The van der Waals surface area contributed by atoms with Crippen molar-refractivity contribution in [3.05, 3.63) is 35.9 Å². The zero-order valence-electron chi connectivity index (χ0n) is 9.02. The molecule has 2 rings (SSSR count). The van der Waals surface area contributed by atoms with E-state index in [1.54, 1.807) is 0 Å². The van der Waals surface area contributed by atoms with E-state index in [0.29, 0.717) is 5.92 Å². The summed E-state index contributed by atoms with van der Waals surface area (Å²) < 4.78 is 0. The van der Waals surface area contributed by atoms with Gasteiger partial charge in [0.15, 0.2) is 0 Å². The molecule has 1 fully saturated rings. The highest BCUT2D eigenvalue weighted by Gasteiger charge is 2.23. The van der Waals surface area contributed by atoms with E-state index in [9.17, 15) is 0 Å². The van der Waals surface area contributed by atoms with Gasteiger partial charge in [0.25, 0.3) is 0 Å². The Hall–Kier alpha value is -1.15. The van der Waals surface area contributed by atoms with Crippen LogP contribution < -0.4 is 5.32 Å². The van der Waals surface area contributed by atoms with E-state index in [1.165, 1.54) is 18.4 Å². The van der Waals surface area contributed by atoms with Crippen molar-refractivity contribution >= 4 is 6.72 Å². The number of nitrogens with one attached hydrogen (secondary N) is 1.